The third-order valence-electron chi connectivity index (χ3n) is 5.50. The highest BCUT2D eigenvalue weighted by Gasteiger charge is 2.33. The highest BCUT2D eigenvalue weighted by Crippen LogP contribution is 2.18. The Morgan fingerprint density at radius 2 is 1.86 bits per heavy atom. The molecule has 1 N–H and O–H groups in total. The lowest BCUT2D eigenvalue weighted by Crippen LogP contribution is -2.34. The van der Waals surface area contributed by atoms with E-state index in [-0.39, 0.29) is 17.7 Å². The molecule has 2 heterocycles. The van der Waals surface area contributed by atoms with Crippen LogP contribution in [0, 0.1) is 5.92 Å². The van der Waals surface area contributed by atoms with Crippen LogP contribution in [0.2, 0.25) is 0 Å². The van der Waals surface area contributed by atoms with E-state index in [1.807, 2.05) is 47.6 Å². The summed E-state index contributed by atoms with van der Waals surface area (Å²) in [4.78, 5) is 30.9. The molecular weight excluding hydrogens is 364 g/mol. The molecule has 0 bridgehead atoms. The molecule has 3 aromatic rings. The Balaban J connectivity index is 1.20. The van der Waals surface area contributed by atoms with Gasteiger partial charge in [-0.15, -0.1) is 0 Å². The number of carbonyl (C=O) groups is 2. The number of nitrogens with one attached hydrogen (secondary N) is 1. The van der Waals surface area contributed by atoms with Crippen molar-refractivity contribution in [1.29, 1.82) is 0 Å². The summed E-state index contributed by atoms with van der Waals surface area (Å²) in [7, 11) is 0. The first kappa shape index (κ1) is 19.2. The Kier molecular flexibility index (Phi) is 5.89. The molecule has 0 spiro atoms. The maximum Gasteiger partial charge on any atom is 0.225 e. The van der Waals surface area contributed by atoms with Gasteiger partial charge in [0.1, 0.15) is 0 Å². The average molecular weight is 390 g/mol. The third kappa shape index (κ3) is 4.65. The fourth-order valence-electron chi connectivity index (χ4n) is 3.87. The van der Waals surface area contributed by atoms with Crippen LogP contribution in [0.1, 0.15) is 18.4 Å². The molecule has 6 heteroatoms. The zero-order valence-electron chi connectivity index (χ0n) is 16.5. The number of para-hydroxylation sites is 2. The molecule has 2 amide bonds. The lowest BCUT2D eigenvalue weighted by molar-refractivity contribution is -0.129. The number of hydrogen-bond donors (Lipinski definition) is 1. The minimum atomic E-state index is -0.243. The van der Waals surface area contributed by atoms with Gasteiger partial charge in [-0.25, -0.2) is 4.98 Å². The van der Waals surface area contributed by atoms with E-state index in [9.17, 15) is 9.59 Å². The normalized spacial score (nSPS) is 16.5. The van der Waals surface area contributed by atoms with Gasteiger partial charge in [0.15, 0.2) is 0 Å². The first-order chi connectivity index (χ1) is 14.2. The lowest BCUT2D eigenvalue weighted by atomic mass is 10.1. The molecular formula is C23H26N4O2. The maximum absolute atomic E-state index is 12.5. The van der Waals surface area contributed by atoms with E-state index in [1.165, 1.54) is 5.56 Å². The zero-order chi connectivity index (χ0) is 20.1. The van der Waals surface area contributed by atoms with Gasteiger partial charge in [0.25, 0.3) is 0 Å². The van der Waals surface area contributed by atoms with Gasteiger partial charge in [-0.05, 0) is 30.5 Å². The van der Waals surface area contributed by atoms with Gasteiger partial charge in [-0.1, -0.05) is 42.5 Å². The quantitative estimate of drug-likeness (QED) is 0.601. The molecule has 0 radical (unpaired) electrons. The monoisotopic (exact) mass is 390 g/mol. The molecule has 29 heavy (non-hydrogen) atoms. The summed E-state index contributed by atoms with van der Waals surface area (Å²) in [6.45, 7) is 2.58. The number of carbonyl (C=O) groups excluding carboxylic acids is 2. The Bertz CT molecular complexity index is 983. The predicted molar refractivity (Wildman–Crippen MR) is 112 cm³/mol. The molecule has 1 saturated heterocycles. The summed E-state index contributed by atoms with van der Waals surface area (Å²) >= 11 is 0. The molecule has 1 aliphatic heterocycles. The molecule has 1 atom stereocenters. The Morgan fingerprint density at radius 1 is 1.07 bits per heavy atom. The van der Waals surface area contributed by atoms with Gasteiger partial charge in [-0.3, -0.25) is 9.59 Å². The van der Waals surface area contributed by atoms with E-state index >= 15 is 0 Å². The van der Waals surface area contributed by atoms with E-state index in [1.54, 1.807) is 0 Å². The van der Waals surface area contributed by atoms with E-state index in [2.05, 4.69) is 33.1 Å². The summed E-state index contributed by atoms with van der Waals surface area (Å²) in [6, 6.07) is 18.1. The second kappa shape index (κ2) is 8.90. The first-order valence-electron chi connectivity index (χ1n) is 10.2. The minimum absolute atomic E-state index is 0.0175. The molecule has 6 nitrogen and oxygen atoms in total. The summed E-state index contributed by atoms with van der Waals surface area (Å²) in [5, 5.41) is 3.00. The van der Waals surface area contributed by atoms with Gasteiger partial charge in [0, 0.05) is 32.6 Å². The summed E-state index contributed by atoms with van der Waals surface area (Å²) in [5.41, 5.74) is 3.30. The Hall–Kier alpha value is -3.15. The molecule has 0 aliphatic carbocycles. The standard InChI is InChI=1S/C23H26N4O2/c28-22-15-19(16-26(22)14-11-18-7-2-1-3-8-18)23(29)24-12-6-13-27-17-25-20-9-4-5-10-21(20)27/h1-5,7-10,17,19H,6,11-16H2,(H,24,29). The lowest BCUT2D eigenvalue weighted by Gasteiger charge is -2.16. The number of amides is 2. The highest BCUT2D eigenvalue weighted by molar-refractivity contribution is 5.89. The number of benzene rings is 2. The van der Waals surface area contributed by atoms with E-state index in [0.717, 1.165) is 30.4 Å². The van der Waals surface area contributed by atoms with Crippen molar-refractivity contribution in [3.05, 3.63) is 66.5 Å². The van der Waals surface area contributed by atoms with E-state index in [4.69, 9.17) is 0 Å². The van der Waals surface area contributed by atoms with Crippen molar-refractivity contribution in [2.75, 3.05) is 19.6 Å². The number of fused-ring (bicyclic) bond motifs is 1. The van der Waals surface area contributed by atoms with Crippen LogP contribution in [-0.4, -0.2) is 45.9 Å². The molecule has 1 aliphatic rings. The molecule has 150 valence electrons. The fourth-order valence-corrected chi connectivity index (χ4v) is 3.87. The van der Waals surface area contributed by atoms with Crippen molar-refractivity contribution in [1.82, 2.24) is 19.8 Å². The van der Waals surface area contributed by atoms with E-state index < -0.39 is 0 Å². The summed E-state index contributed by atoms with van der Waals surface area (Å²) in [5.74, 6) is -0.186. The average Bonchev–Trinajstić information content (AvgIpc) is 3.34. The zero-order valence-corrected chi connectivity index (χ0v) is 16.5. The predicted octanol–water partition coefficient (Wildman–Crippen LogP) is 2.63. The maximum atomic E-state index is 12.5. The molecule has 1 aromatic heterocycles. The highest BCUT2D eigenvalue weighted by atomic mass is 16.2. The minimum Gasteiger partial charge on any atom is -0.356 e. The van der Waals surface area contributed by atoms with Crippen LogP contribution in [0.15, 0.2) is 60.9 Å². The molecule has 4 rings (SSSR count). The number of aryl methyl sites for hydroxylation is 1. The largest absolute Gasteiger partial charge is 0.356 e. The number of nitrogens with zero attached hydrogens (tertiary/aromatic N) is 3. The van der Waals surface area contributed by atoms with Crippen LogP contribution >= 0.6 is 0 Å². The number of rotatable bonds is 8. The van der Waals surface area contributed by atoms with Crippen molar-refractivity contribution in [2.24, 2.45) is 5.92 Å². The second-order valence-electron chi connectivity index (χ2n) is 7.55. The first-order valence-corrected chi connectivity index (χ1v) is 10.2. The van der Waals surface area contributed by atoms with Crippen LogP contribution in [0.5, 0.6) is 0 Å². The Labute approximate surface area is 170 Å². The van der Waals surface area contributed by atoms with Crippen molar-refractivity contribution in [2.45, 2.75) is 25.8 Å². The van der Waals surface area contributed by atoms with Gasteiger partial charge < -0.3 is 14.8 Å². The number of imidazole rings is 1. The number of likely N-dealkylation sites (tertiary alicyclic amines) is 1. The fraction of sp³-hybridized carbons (Fsp3) is 0.348. The SMILES string of the molecule is O=C(NCCCn1cnc2ccccc21)C1CC(=O)N(CCc2ccccc2)C1. The summed E-state index contributed by atoms with van der Waals surface area (Å²) in [6.07, 6.45) is 3.80. The van der Waals surface area contributed by atoms with Crippen LogP contribution in [0.25, 0.3) is 11.0 Å². The number of hydrogen-bond acceptors (Lipinski definition) is 3. The molecule has 1 unspecified atom stereocenters. The van der Waals surface area contributed by atoms with Crippen LogP contribution in [0.3, 0.4) is 0 Å². The van der Waals surface area contributed by atoms with Crippen LogP contribution < -0.4 is 5.32 Å². The van der Waals surface area contributed by atoms with Crippen molar-refractivity contribution in [3.63, 3.8) is 0 Å². The molecule has 0 saturated carbocycles. The van der Waals surface area contributed by atoms with Crippen molar-refractivity contribution in [3.8, 4) is 0 Å². The molecule has 2 aromatic carbocycles. The van der Waals surface area contributed by atoms with Gasteiger partial charge in [0.2, 0.25) is 11.8 Å². The van der Waals surface area contributed by atoms with Crippen LogP contribution in [-0.2, 0) is 22.6 Å². The van der Waals surface area contributed by atoms with Crippen molar-refractivity contribution >= 4 is 22.8 Å². The second-order valence-corrected chi connectivity index (χ2v) is 7.55. The van der Waals surface area contributed by atoms with Crippen LogP contribution in [0.4, 0.5) is 0 Å². The third-order valence-corrected chi connectivity index (χ3v) is 5.50. The van der Waals surface area contributed by atoms with Gasteiger partial charge in [0.05, 0.1) is 23.3 Å². The van der Waals surface area contributed by atoms with Crippen molar-refractivity contribution < 1.29 is 9.59 Å². The van der Waals surface area contributed by atoms with E-state index in [0.29, 0.717) is 26.1 Å². The smallest absolute Gasteiger partial charge is 0.225 e. The number of aromatic nitrogens is 2. The molecule has 1 fully saturated rings. The van der Waals surface area contributed by atoms with Gasteiger partial charge in [-0.2, -0.15) is 0 Å². The topological polar surface area (TPSA) is 67.2 Å². The summed E-state index contributed by atoms with van der Waals surface area (Å²) < 4.78 is 2.10. The van der Waals surface area contributed by atoms with Gasteiger partial charge >= 0.3 is 0 Å². The Morgan fingerprint density at radius 3 is 2.72 bits per heavy atom.